The van der Waals surface area contributed by atoms with Crippen LogP contribution in [-0.2, 0) is 9.47 Å². The monoisotopic (exact) mass is 505 g/mol. The average Bonchev–Trinajstić information content (AvgIpc) is 3.57. The zero-order valence-corrected chi connectivity index (χ0v) is 21.6. The number of carbonyl (C=O) groups is 2. The number of thiazole rings is 1. The Morgan fingerprint density at radius 1 is 1.17 bits per heavy atom. The zero-order valence-electron chi connectivity index (χ0n) is 20.8. The average molecular weight is 506 g/mol. The first kappa shape index (κ1) is 24.0. The van der Waals surface area contributed by atoms with Gasteiger partial charge in [-0.1, -0.05) is 17.4 Å². The van der Waals surface area contributed by atoms with Gasteiger partial charge in [0.15, 0.2) is 5.13 Å². The van der Waals surface area contributed by atoms with E-state index in [1.807, 2.05) is 52.0 Å². The number of carbonyl (C=O) groups excluding carboxylic acids is 2. The van der Waals surface area contributed by atoms with Crippen LogP contribution in [0.1, 0.15) is 61.0 Å². The van der Waals surface area contributed by atoms with Crippen molar-refractivity contribution in [3.63, 3.8) is 0 Å². The van der Waals surface area contributed by atoms with E-state index in [4.69, 9.17) is 9.47 Å². The number of pyridine rings is 2. The maximum atomic E-state index is 13.1. The van der Waals surface area contributed by atoms with Crippen molar-refractivity contribution in [3.05, 3.63) is 63.6 Å². The summed E-state index contributed by atoms with van der Waals surface area (Å²) in [6.07, 6.45) is 3.22. The van der Waals surface area contributed by atoms with Gasteiger partial charge in [0.25, 0.3) is 5.56 Å². The molecule has 1 fully saturated rings. The third-order valence-electron chi connectivity index (χ3n) is 6.14. The van der Waals surface area contributed by atoms with Gasteiger partial charge in [0, 0.05) is 6.20 Å². The standard InChI is InChI=1S/C27H27N3O5S/c1-14-17(10-11-30-22(14)18(15-6-7-15)13-19(23(30)31)24(32)34-5)16-8-9-21-20(12-16)28-25(36-21)29-26(33)35-27(2,3)4/h8-13,15H,6-7H2,1-5H3,(H,28,29,33). The molecule has 8 nitrogen and oxygen atoms in total. The second kappa shape index (κ2) is 8.74. The molecule has 36 heavy (non-hydrogen) atoms. The van der Waals surface area contributed by atoms with E-state index in [1.54, 1.807) is 16.7 Å². The first-order chi connectivity index (χ1) is 17.1. The Bertz CT molecular complexity index is 1590. The predicted molar refractivity (Wildman–Crippen MR) is 140 cm³/mol. The number of hydrogen-bond donors (Lipinski definition) is 1. The molecule has 0 spiro atoms. The molecule has 0 atom stereocenters. The Labute approximate surface area is 211 Å². The topological polar surface area (TPSA) is 99.0 Å². The number of methoxy groups -OCH3 is 1. The van der Waals surface area contributed by atoms with Crippen LogP contribution in [0.2, 0.25) is 0 Å². The van der Waals surface area contributed by atoms with Crippen molar-refractivity contribution in [2.24, 2.45) is 0 Å². The summed E-state index contributed by atoms with van der Waals surface area (Å²) in [7, 11) is 1.28. The highest BCUT2D eigenvalue weighted by molar-refractivity contribution is 7.22. The lowest BCUT2D eigenvalue weighted by Crippen LogP contribution is -2.27. The molecule has 4 aromatic rings. The number of aryl methyl sites for hydroxylation is 1. The minimum absolute atomic E-state index is 0.0537. The molecule has 1 amide bonds. The van der Waals surface area contributed by atoms with Gasteiger partial charge >= 0.3 is 12.1 Å². The first-order valence-electron chi connectivity index (χ1n) is 11.7. The van der Waals surface area contributed by atoms with Crippen LogP contribution in [0.4, 0.5) is 9.93 Å². The van der Waals surface area contributed by atoms with Gasteiger partial charge in [-0.15, -0.1) is 0 Å². The smallest absolute Gasteiger partial charge is 0.413 e. The van der Waals surface area contributed by atoms with E-state index in [-0.39, 0.29) is 11.1 Å². The van der Waals surface area contributed by atoms with Crippen molar-refractivity contribution < 1.29 is 19.1 Å². The van der Waals surface area contributed by atoms with Crippen LogP contribution in [0.25, 0.3) is 26.9 Å². The van der Waals surface area contributed by atoms with Gasteiger partial charge < -0.3 is 9.47 Å². The van der Waals surface area contributed by atoms with Crippen LogP contribution in [0, 0.1) is 6.92 Å². The van der Waals surface area contributed by atoms with Crippen molar-refractivity contribution in [2.45, 2.75) is 52.1 Å². The number of amides is 1. The molecule has 1 aromatic carbocycles. The molecule has 5 rings (SSSR count). The van der Waals surface area contributed by atoms with E-state index in [0.29, 0.717) is 11.0 Å². The second-order valence-electron chi connectivity index (χ2n) is 9.99. The molecule has 0 unspecified atom stereocenters. The lowest BCUT2D eigenvalue weighted by molar-refractivity contribution is 0.0596. The number of anilines is 1. The van der Waals surface area contributed by atoms with Crippen molar-refractivity contribution in [2.75, 3.05) is 12.4 Å². The van der Waals surface area contributed by atoms with Gasteiger partial charge in [-0.25, -0.2) is 14.6 Å². The molecule has 9 heteroatoms. The Hall–Kier alpha value is -3.72. The molecular formula is C27H27N3O5S. The van der Waals surface area contributed by atoms with Crippen LogP contribution in [0.15, 0.2) is 41.3 Å². The number of hydrogen-bond acceptors (Lipinski definition) is 7. The molecule has 0 saturated heterocycles. The highest BCUT2D eigenvalue weighted by Gasteiger charge is 2.29. The number of fused-ring (bicyclic) bond motifs is 2. The summed E-state index contributed by atoms with van der Waals surface area (Å²) in [5.41, 5.74) is 4.52. The highest BCUT2D eigenvalue weighted by atomic mass is 32.1. The number of esters is 1. The van der Waals surface area contributed by atoms with Crippen LogP contribution in [0.5, 0.6) is 0 Å². The maximum absolute atomic E-state index is 13.1. The minimum atomic E-state index is -0.622. The Morgan fingerprint density at radius 3 is 2.58 bits per heavy atom. The lowest BCUT2D eigenvalue weighted by atomic mass is 9.96. The molecule has 3 aromatic heterocycles. The summed E-state index contributed by atoms with van der Waals surface area (Å²) in [6, 6.07) is 9.54. The van der Waals surface area contributed by atoms with E-state index in [0.717, 1.165) is 50.8 Å². The third-order valence-corrected chi connectivity index (χ3v) is 7.09. The summed E-state index contributed by atoms with van der Waals surface area (Å²) in [4.78, 5) is 42.0. The summed E-state index contributed by atoms with van der Waals surface area (Å²) >= 11 is 1.37. The molecule has 1 N–H and O–H groups in total. The molecule has 3 heterocycles. The minimum Gasteiger partial charge on any atom is -0.465 e. The van der Waals surface area contributed by atoms with E-state index < -0.39 is 17.7 Å². The van der Waals surface area contributed by atoms with E-state index in [9.17, 15) is 14.4 Å². The predicted octanol–water partition coefficient (Wildman–Crippen LogP) is 5.90. The Kier molecular flexibility index (Phi) is 5.83. The van der Waals surface area contributed by atoms with Gasteiger partial charge in [0.1, 0.15) is 11.2 Å². The van der Waals surface area contributed by atoms with Crippen LogP contribution in [0.3, 0.4) is 0 Å². The summed E-state index contributed by atoms with van der Waals surface area (Å²) < 4.78 is 12.7. The fraction of sp³-hybridized carbons (Fsp3) is 0.333. The normalized spacial score (nSPS) is 13.7. The fourth-order valence-electron chi connectivity index (χ4n) is 4.41. The second-order valence-corrected chi connectivity index (χ2v) is 11.0. The van der Waals surface area contributed by atoms with Gasteiger partial charge in [0.05, 0.1) is 22.8 Å². The third kappa shape index (κ3) is 4.46. The first-order valence-corrected chi connectivity index (χ1v) is 12.6. The Balaban J connectivity index is 1.57. The molecule has 1 saturated carbocycles. The molecule has 0 radical (unpaired) electrons. The van der Waals surface area contributed by atoms with Crippen molar-refractivity contribution in [1.82, 2.24) is 9.38 Å². The largest absolute Gasteiger partial charge is 0.465 e. The van der Waals surface area contributed by atoms with E-state index in [2.05, 4.69) is 10.3 Å². The number of benzene rings is 1. The highest BCUT2D eigenvalue weighted by Crippen LogP contribution is 2.43. The van der Waals surface area contributed by atoms with E-state index >= 15 is 0 Å². The van der Waals surface area contributed by atoms with Gasteiger partial charge in [-0.3, -0.25) is 14.5 Å². The Morgan fingerprint density at radius 2 is 1.92 bits per heavy atom. The fourth-order valence-corrected chi connectivity index (χ4v) is 5.24. The SMILES string of the molecule is COC(=O)c1cc(C2CC2)c2c(C)c(-c3ccc4sc(NC(=O)OC(C)(C)C)nc4c3)ccn2c1=O. The summed E-state index contributed by atoms with van der Waals surface area (Å²) in [5, 5.41) is 3.17. The van der Waals surface area contributed by atoms with Gasteiger partial charge in [-0.2, -0.15) is 0 Å². The number of rotatable bonds is 4. The summed E-state index contributed by atoms with van der Waals surface area (Å²) in [6.45, 7) is 7.42. The number of ether oxygens (including phenoxy) is 2. The van der Waals surface area contributed by atoms with Crippen molar-refractivity contribution in [3.8, 4) is 11.1 Å². The number of nitrogens with one attached hydrogen (secondary N) is 1. The van der Waals surface area contributed by atoms with Crippen molar-refractivity contribution in [1.29, 1.82) is 0 Å². The van der Waals surface area contributed by atoms with Gasteiger partial charge in [0.2, 0.25) is 0 Å². The maximum Gasteiger partial charge on any atom is 0.413 e. The lowest BCUT2D eigenvalue weighted by Gasteiger charge is -2.18. The number of aromatic nitrogens is 2. The molecule has 0 aliphatic heterocycles. The molecule has 0 bridgehead atoms. The molecule has 1 aliphatic carbocycles. The quantitative estimate of drug-likeness (QED) is 0.347. The molecular weight excluding hydrogens is 478 g/mol. The van der Waals surface area contributed by atoms with Crippen LogP contribution >= 0.6 is 11.3 Å². The molecule has 186 valence electrons. The molecule has 1 aliphatic rings. The summed E-state index contributed by atoms with van der Waals surface area (Å²) in [5.74, 6) is -0.303. The van der Waals surface area contributed by atoms with Gasteiger partial charge in [-0.05, 0) is 93.0 Å². The zero-order chi connectivity index (χ0) is 25.8. The number of nitrogens with zero attached hydrogens (tertiary/aromatic N) is 2. The van der Waals surface area contributed by atoms with Crippen LogP contribution < -0.4 is 10.9 Å². The van der Waals surface area contributed by atoms with Crippen molar-refractivity contribution >= 4 is 44.3 Å². The van der Waals surface area contributed by atoms with Crippen LogP contribution in [-0.4, -0.2) is 34.2 Å². The van der Waals surface area contributed by atoms with E-state index in [1.165, 1.54) is 18.4 Å².